The second-order valence-electron chi connectivity index (χ2n) is 9.69. The summed E-state index contributed by atoms with van der Waals surface area (Å²) in [6, 6.07) is 9.78. The van der Waals surface area contributed by atoms with Crippen molar-refractivity contribution in [1.29, 1.82) is 0 Å². The molecule has 170 valence electrons. The zero-order valence-electron chi connectivity index (χ0n) is 18.7. The summed E-state index contributed by atoms with van der Waals surface area (Å²) in [5.74, 6) is 1.13. The van der Waals surface area contributed by atoms with Crippen LogP contribution in [0.3, 0.4) is 0 Å². The van der Waals surface area contributed by atoms with Crippen LogP contribution in [0.2, 0.25) is 0 Å². The van der Waals surface area contributed by atoms with Gasteiger partial charge in [0.25, 0.3) is 5.91 Å². The van der Waals surface area contributed by atoms with Gasteiger partial charge in [-0.05, 0) is 62.1 Å². The van der Waals surface area contributed by atoms with Gasteiger partial charge in [0, 0.05) is 35.5 Å². The molecule has 0 N–H and O–H groups in total. The third kappa shape index (κ3) is 3.28. The highest BCUT2D eigenvalue weighted by atomic mass is 19.1. The third-order valence-electron chi connectivity index (χ3n) is 7.93. The second kappa shape index (κ2) is 8.04. The van der Waals surface area contributed by atoms with Gasteiger partial charge in [0.1, 0.15) is 5.82 Å². The number of benzene rings is 1. The van der Waals surface area contributed by atoms with Gasteiger partial charge in [-0.15, -0.1) is 5.10 Å². The van der Waals surface area contributed by atoms with Crippen LogP contribution in [0.5, 0.6) is 0 Å². The number of pyridine rings is 1. The van der Waals surface area contributed by atoms with E-state index in [1.54, 1.807) is 24.5 Å². The van der Waals surface area contributed by atoms with Gasteiger partial charge in [-0.2, -0.15) is 4.98 Å². The lowest BCUT2D eigenvalue weighted by molar-refractivity contribution is 0.0314. The van der Waals surface area contributed by atoms with Crippen molar-refractivity contribution in [3.63, 3.8) is 0 Å². The number of hydrogen-bond acceptors (Lipinski definition) is 4. The summed E-state index contributed by atoms with van der Waals surface area (Å²) in [6.45, 7) is 0. The number of nitrogens with zero attached hydrogens (tertiary/aromatic N) is 5. The Balaban J connectivity index is 1.54. The van der Waals surface area contributed by atoms with Crippen molar-refractivity contribution < 1.29 is 9.18 Å². The van der Waals surface area contributed by atoms with Crippen LogP contribution in [0.4, 0.5) is 10.3 Å². The minimum atomic E-state index is -0.344. The molecule has 2 saturated carbocycles. The molecule has 6 rings (SSSR count). The van der Waals surface area contributed by atoms with E-state index in [9.17, 15) is 9.18 Å². The van der Waals surface area contributed by atoms with Gasteiger partial charge in [-0.25, -0.2) is 9.07 Å². The first-order valence-corrected chi connectivity index (χ1v) is 12.1. The molecule has 33 heavy (non-hydrogen) atoms. The lowest BCUT2D eigenvalue weighted by Crippen LogP contribution is -2.61. The molecular weight excluding hydrogens is 417 g/mol. The van der Waals surface area contributed by atoms with E-state index >= 15 is 0 Å². The summed E-state index contributed by atoms with van der Waals surface area (Å²) in [7, 11) is 0. The average Bonchev–Trinajstić information content (AvgIpc) is 3.32. The molecule has 7 heteroatoms. The van der Waals surface area contributed by atoms with Crippen molar-refractivity contribution in [1.82, 2.24) is 19.7 Å². The van der Waals surface area contributed by atoms with Crippen molar-refractivity contribution in [2.24, 2.45) is 5.92 Å². The van der Waals surface area contributed by atoms with E-state index in [0.717, 1.165) is 37.7 Å². The van der Waals surface area contributed by atoms with E-state index in [0.29, 0.717) is 23.3 Å². The molecule has 6 nitrogen and oxygen atoms in total. The standard InChI is InChI=1S/C26H28FN5O/c27-20-12-10-18(11-13-20)24(33)31-22-9-3-2-8-21(22)26(14-4-1-5-15-26)32-25(31)29-23(30-32)19-7-6-16-28-17-19/h6-7,10-13,16-17,21-22H,1-5,8-9,14-15H2/t21-,22+/m1/s1. The third-order valence-corrected chi connectivity index (χ3v) is 7.93. The maximum absolute atomic E-state index is 13.9. The van der Waals surface area contributed by atoms with Crippen molar-refractivity contribution >= 4 is 11.9 Å². The molecule has 1 aromatic carbocycles. The SMILES string of the molecule is O=C(c1ccc(F)cc1)N1c2nc(-c3cccnc3)nn2C2(CCCCC2)[C@@H]2CCCC[C@@H]21. The Kier molecular flexibility index (Phi) is 5.00. The molecule has 1 amide bonds. The van der Waals surface area contributed by atoms with Gasteiger partial charge in [-0.1, -0.05) is 32.1 Å². The molecule has 2 aliphatic carbocycles. The highest BCUT2D eigenvalue weighted by molar-refractivity contribution is 6.06. The predicted molar refractivity (Wildman–Crippen MR) is 123 cm³/mol. The topological polar surface area (TPSA) is 63.9 Å². The van der Waals surface area contributed by atoms with E-state index in [-0.39, 0.29) is 23.3 Å². The quantitative estimate of drug-likeness (QED) is 0.533. The highest BCUT2D eigenvalue weighted by Gasteiger charge is 2.55. The summed E-state index contributed by atoms with van der Waals surface area (Å²) in [6.07, 6.45) is 13.6. The van der Waals surface area contributed by atoms with Gasteiger partial charge in [-0.3, -0.25) is 14.7 Å². The fraction of sp³-hybridized carbons (Fsp3) is 0.462. The number of rotatable bonds is 2. The van der Waals surface area contributed by atoms with Crippen molar-refractivity contribution in [2.45, 2.75) is 69.4 Å². The maximum Gasteiger partial charge on any atom is 0.260 e. The van der Waals surface area contributed by atoms with Crippen LogP contribution in [0.1, 0.15) is 68.1 Å². The van der Waals surface area contributed by atoms with Crippen molar-refractivity contribution in [3.05, 3.63) is 60.2 Å². The molecule has 1 spiro atoms. The molecule has 0 bridgehead atoms. The number of halogens is 1. The predicted octanol–water partition coefficient (Wildman–Crippen LogP) is 5.36. The lowest BCUT2D eigenvalue weighted by atomic mass is 9.64. The van der Waals surface area contributed by atoms with Crippen molar-refractivity contribution in [3.8, 4) is 11.4 Å². The van der Waals surface area contributed by atoms with E-state index < -0.39 is 0 Å². The summed E-state index contributed by atoms with van der Waals surface area (Å²) >= 11 is 0. The number of amides is 1. The van der Waals surface area contributed by atoms with Gasteiger partial charge in [0.05, 0.1) is 5.54 Å². The molecule has 0 unspecified atom stereocenters. The van der Waals surface area contributed by atoms with E-state index in [4.69, 9.17) is 10.1 Å². The number of anilines is 1. The Morgan fingerprint density at radius 2 is 1.79 bits per heavy atom. The van der Waals surface area contributed by atoms with Gasteiger partial charge in [0.15, 0.2) is 5.82 Å². The Labute approximate surface area is 192 Å². The van der Waals surface area contributed by atoms with E-state index in [1.807, 2.05) is 17.0 Å². The molecule has 1 aliphatic heterocycles. The largest absolute Gasteiger partial charge is 0.273 e. The number of fused-ring (bicyclic) bond motifs is 4. The number of carbonyl (C=O) groups is 1. The first-order valence-electron chi connectivity index (χ1n) is 12.1. The normalized spacial score (nSPS) is 23.7. The molecule has 3 aromatic rings. The summed E-state index contributed by atoms with van der Waals surface area (Å²) in [4.78, 5) is 24.9. The monoisotopic (exact) mass is 445 g/mol. The molecule has 2 aromatic heterocycles. The lowest BCUT2D eigenvalue weighted by Gasteiger charge is -2.55. The van der Waals surface area contributed by atoms with Crippen LogP contribution in [0, 0.1) is 11.7 Å². The molecule has 3 aliphatic rings. The van der Waals surface area contributed by atoms with Crippen molar-refractivity contribution in [2.75, 3.05) is 4.90 Å². The zero-order valence-corrected chi connectivity index (χ0v) is 18.7. The molecule has 2 fully saturated rings. The number of aromatic nitrogens is 4. The smallest absolute Gasteiger partial charge is 0.260 e. The van der Waals surface area contributed by atoms with E-state index in [1.165, 1.54) is 37.8 Å². The Hall–Kier alpha value is -3.09. The van der Waals surface area contributed by atoms with Crippen LogP contribution in [0.25, 0.3) is 11.4 Å². The summed E-state index contributed by atoms with van der Waals surface area (Å²) < 4.78 is 15.7. The van der Waals surface area contributed by atoms with Crippen LogP contribution in [-0.4, -0.2) is 31.7 Å². The second-order valence-corrected chi connectivity index (χ2v) is 9.69. The minimum Gasteiger partial charge on any atom is -0.273 e. The molecular formula is C26H28FN5O. The van der Waals surface area contributed by atoms with Crippen LogP contribution < -0.4 is 4.90 Å². The Morgan fingerprint density at radius 3 is 2.55 bits per heavy atom. The fourth-order valence-electron chi connectivity index (χ4n) is 6.45. The minimum absolute atomic E-state index is 0.0906. The van der Waals surface area contributed by atoms with Gasteiger partial charge in [0.2, 0.25) is 5.95 Å². The number of hydrogen-bond donors (Lipinski definition) is 0. The van der Waals surface area contributed by atoms with Crippen LogP contribution in [0.15, 0.2) is 48.8 Å². The summed E-state index contributed by atoms with van der Waals surface area (Å²) in [5, 5.41) is 5.04. The molecule has 3 heterocycles. The Bertz CT molecular complexity index is 1150. The fourth-order valence-corrected chi connectivity index (χ4v) is 6.45. The molecule has 0 saturated heterocycles. The number of carbonyl (C=O) groups excluding carboxylic acids is 1. The first-order chi connectivity index (χ1) is 16.2. The average molecular weight is 446 g/mol. The van der Waals surface area contributed by atoms with Crippen LogP contribution >= 0.6 is 0 Å². The Morgan fingerprint density at radius 1 is 1.00 bits per heavy atom. The maximum atomic E-state index is 13.9. The van der Waals surface area contributed by atoms with E-state index in [2.05, 4.69) is 9.67 Å². The van der Waals surface area contributed by atoms with Gasteiger partial charge < -0.3 is 0 Å². The zero-order chi connectivity index (χ0) is 22.4. The highest BCUT2D eigenvalue weighted by Crippen LogP contribution is 2.53. The first kappa shape index (κ1) is 20.5. The summed E-state index contributed by atoms with van der Waals surface area (Å²) in [5.41, 5.74) is 1.24. The van der Waals surface area contributed by atoms with Gasteiger partial charge >= 0.3 is 0 Å². The molecule has 0 radical (unpaired) electrons. The van der Waals surface area contributed by atoms with Crippen LogP contribution in [-0.2, 0) is 5.54 Å². The molecule has 2 atom stereocenters.